The van der Waals surface area contributed by atoms with Crippen LogP contribution in [0.1, 0.15) is 232 Å². The largest absolute Gasteiger partial charge is 0.494 e. The second kappa shape index (κ2) is 37.9. The van der Waals surface area contributed by atoms with Crippen molar-refractivity contribution >= 4 is 126 Å². The Balaban J connectivity index is 0.000000137. The lowest BCUT2D eigenvalue weighted by molar-refractivity contribution is -0.136. The first kappa shape index (κ1) is 94.7. The number of aryl methyl sites for hydroxylation is 12. The smallest absolute Gasteiger partial charge is 0.453 e. The minimum absolute atomic E-state index is 0.0109. The lowest BCUT2D eigenvalue weighted by Gasteiger charge is -2.32. The van der Waals surface area contributed by atoms with E-state index in [1.54, 1.807) is 6.20 Å². The van der Waals surface area contributed by atoms with Gasteiger partial charge in [-0.05, 0) is 347 Å². The maximum Gasteiger partial charge on any atom is 0.494 e. The molecule has 0 bridgehead atoms. The van der Waals surface area contributed by atoms with Gasteiger partial charge in [0.15, 0.2) is 0 Å². The molecule has 20 rings (SSSR count). The van der Waals surface area contributed by atoms with Gasteiger partial charge in [0, 0.05) is 75.3 Å². The molecule has 6 amide bonds. The first-order chi connectivity index (χ1) is 62.9. The minimum atomic E-state index is -0.678. The van der Waals surface area contributed by atoms with Gasteiger partial charge in [-0.25, -0.2) is 19.4 Å². The molecule has 1 aromatic heterocycles. The van der Waals surface area contributed by atoms with Gasteiger partial charge in [0.1, 0.15) is 23.9 Å². The molecule has 28 heteroatoms. The lowest BCUT2D eigenvalue weighted by atomic mass is 9.67. The number of hydrogen-bond acceptors (Lipinski definition) is 16. The Morgan fingerprint density at radius 3 is 1.01 bits per heavy atom. The number of hydrogen-bond donors (Lipinski definition) is 4. The molecule has 4 N–H and O–H groups in total. The maximum atomic E-state index is 13.7. The van der Waals surface area contributed by atoms with E-state index in [0.717, 1.165) is 140 Å². The van der Waals surface area contributed by atoms with Gasteiger partial charge < -0.3 is 68.5 Å². The van der Waals surface area contributed by atoms with Gasteiger partial charge in [-0.2, -0.15) is 0 Å². The molecule has 0 spiro atoms. The number of alkyl carbamates (subject to hydrolysis) is 3. The Kier molecular flexibility index (Phi) is 27.2. The maximum absolute atomic E-state index is 13.7. The fraction of sp³-hybridized carbons (Fsp3) is 0.510. The van der Waals surface area contributed by atoms with E-state index >= 15 is 0 Å². The normalized spacial score (nSPS) is 21.2. The Hall–Kier alpha value is -9.02. The summed E-state index contributed by atoms with van der Waals surface area (Å²) in [5.41, 5.74) is 33.5. The molecule has 696 valence electrons. The number of rotatable bonds is 16. The van der Waals surface area contributed by atoms with Crippen LogP contribution in [-0.4, -0.2) is 180 Å². The summed E-state index contributed by atoms with van der Waals surface area (Å²) in [6.07, 6.45) is 23.3. The number of carbonyl (C=O) groups is 6. The molecule has 0 unspecified atom stereocenters. The quantitative estimate of drug-likeness (QED) is 0.0518. The summed E-state index contributed by atoms with van der Waals surface area (Å²) in [5, 5.41) is 8.12. The van der Waals surface area contributed by atoms with E-state index in [1.165, 1.54) is 167 Å². The van der Waals surface area contributed by atoms with Crippen LogP contribution in [0.4, 0.5) is 14.4 Å². The summed E-state index contributed by atoms with van der Waals surface area (Å²) in [7, 11) is 3.30. The number of allylic oxidation sites excluding steroid dienone is 2. The number of likely N-dealkylation sites (tertiary alicyclic amines) is 3. The summed E-state index contributed by atoms with van der Waals surface area (Å²) in [6, 6.07) is 25.8. The molecule has 5 fully saturated rings. The Bertz CT molecular complexity index is 5570. The number of nitrogens with zero attached hydrogens (tertiary/aromatic N) is 6. The first-order valence-corrected chi connectivity index (χ1v) is 49.9. The van der Waals surface area contributed by atoms with Crippen LogP contribution in [0, 0.1) is 17.8 Å². The Morgan fingerprint density at radius 2 is 0.697 bits per heavy atom. The van der Waals surface area contributed by atoms with Crippen molar-refractivity contribution < 1.29 is 61.6 Å². The van der Waals surface area contributed by atoms with Crippen molar-refractivity contribution in [3.05, 3.63) is 183 Å². The molecule has 23 nitrogen and oxygen atoms in total. The van der Waals surface area contributed by atoms with Crippen LogP contribution in [0.25, 0.3) is 50.2 Å². The van der Waals surface area contributed by atoms with E-state index < -0.39 is 36.4 Å². The van der Waals surface area contributed by atoms with Crippen LogP contribution >= 0.6 is 47.8 Å². The van der Waals surface area contributed by atoms with E-state index in [2.05, 4.69) is 207 Å². The fourth-order valence-corrected chi connectivity index (χ4v) is 23.4. The van der Waals surface area contributed by atoms with E-state index in [4.69, 9.17) is 38.1 Å². The number of carbonyl (C=O) groups excluding carboxylic acids is 6. The highest BCUT2D eigenvalue weighted by Gasteiger charge is 2.54. The molecule has 5 saturated heterocycles. The molecule has 6 atom stereocenters. The summed E-state index contributed by atoms with van der Waals surface area (Å²) >= 11 is 10.7. The van der Waals surface area contributed by atoms with Crippen LogP contribution in [0.2, 0.25) is 0 Å². The zero-order valence-corrected chi connectivity index (χ0v) is 84.2. The molecule has 13 aliphatic rings. The van der Waals surface area contributed by atoms with Crippen molar-refractivity contribution in [2.24, 2.45) is 27.7 Å². The Labute approximate surface area is 802 Å². The lowest BCUT2D eigenvalue weighted by Crippen LogP contribution is -2.53. The predicted octanol–water partition coefficient (Wildman–Crippen LogP) is 18.2. The molecule has 132 heavy (non-hydrogen) atoms. The molecule has 7 aromatic rings. The van der Waals surface area contributed by atoms with Crippen molar-refractivity contribution in [2.45, 2.75) is 284 Å². The van der Waals surface area contributed by atoms with E-state index in [0.29, 0.717) is 26.1 Å². The van der Waals surface area contributed by atoms with Crippen LogP contribution < -0.4 is 26.9 Å². The summed E-state index contributed by atoms with van der Waals surface area (Å²) in [4.78, 5) is 99.2. The molecule has 0 saturated carbocycles. The molecule has 7 aliphatic heterocycles. The van der Waals surface area contributed by atoms with Crippen molar-refractivity contribution in [3.8, 4) is 44.6 Å². The second-order valence-electron chi connectivity index (χ2n) is 40.8. The van der Waals surface area contributed by atoms with Crippen LogP contribution in [0.3, 0.4) is 0 Å². The number of methoxy groups -OCH3 is 3. The number of aromatic amines is 1. The van der Waals surface area contributed by atoms with Gasteiger partial charge in [-0.1, -0.05) is 126 Å². The Morgan fingerprint density at radius 1 is 0.409 bits per heavy atom. The highest BCUT2D eigenvalue weighted by molar-refractivity contribution is 9.11. The average Bonchev–Trinajstić information content (AvgIpc) is 0.752. The highest BCUT2D eigenvalue weighted by Crippen LogP contribution is 2.50. The monoisotopic (exact) mass is 1980 g/mol. The zero-order valence-electron chi connectivity index (χ0n) is 79.4. The minimum Gasteiger partial charge on any atom is -0.453 e. The summed E-state index contributed by atoms with van der Waals surface area (Å²) < 4.78 is 43.3. The van der Waals surface area contributed by atoms with Crippen LogP contribution in [0.15, 0.2) is 115 Å². The van der Waals surface area contributed by atoms with Gasteiger partial charge in [0.2, 0.25) is 17.7 Å². The number of amides is 6. The van der Waals surface area contributed by atoms with Crippen molar-refractivity contribution in [1.29, 1.82) is 0 Å². The standard InChI is InChI=1S/C45H55N7O6.C28H36B2O4.C16H12Br2.C15H22BrN3O3/c1-24(2)39(49-44(55)57-5)42(53)51-15-7-9-35(51)33-21-32(22-46-33)30-17-26-11-13-28-19-31(20-29-14-12-27(18-30)37(26)38(28)29)34-23-47-41(48-34)36-10-8-16-52(36)43(54)40(25(3)4)50-45(56)58-6;1-25(2)26(3,4)32-29(31-25)21-13-17-9-11-19-15-22(30-33-27(5,6)28(7,8)34-30)16-20-12-10-18(14-21)23(17)24(19)20;17-13-5-9-1-2-10-6-14(18)8-12-4-3-11(7-13)15(9)16(10)12;1-9(2)13(18-15(21)22-3)14(20)19-6-4-5-12(19)11-7-10(16)8-17-11/h17-20,22-25,35-36,39-40H,7-16,21H2,1-6H3,(H,47,48)(H,49,55)(H,50,56);13-16H,9-12H2,1-8H3;5-8H,1-4H2;8-9,12-13H,4-7H2,1-3H3,(H,18,21)/t35-,36-,39-,40-;;;12-,13-/m0..0/s1. The van der Waals surface area contributed by atoms with E-state index in [-0.39, 0.29) is 90.2 Å². The SMILES string of the molecule is Brc1cc2c3c(c1)CCc1cc(Br)cc(c1-3)CC2.CC1(C)OB(c2cc3c4c(c2)CCc2cc(B5OC(C)(C)C(C)(C)O5)cc(c2-4)CC3)OC1(C)C.COC(=O)N[C@H](C(=O)N1CCC[C@H]1C1=NC=C(Br)C1)C(C)C.COC(=O)N[C@H](C(=O)N1CCC[C@H]1C1=NC=C(c2cc3c4c(c2)CCc2cc(-c5cnc([C@@H]6CCCN6C(=O)[C@@H](NC(=O)OC)C(C)C)[nH]5)cc(c2-4)CC3)C1)C(C)C. The summed E-state index contributed by atoms with van der Waals surface area (Å²) in [6.45, 7) is 30.5. The number of ether oxygens (including phenoxy) is 3. The highest BCUT2D eigenvalue weighted by atomic mass is 79.9. The van der Waals surface area contributed by atoms with Gasteiger partial charge in [0.05, 0.1) is 73.7 Å². The fourth-order valence-electron chi connectivity index (χ4n) is 21.9. The number of imidazole rings is 1. The van der Waals surface area contributed by atoms with Gasteiger partial charge in [0.25, 0.3) is 0 Å². The van der Waals surface area contributed by atoms with E-state index in [1.807, 2.05) is 68.6 Å². The van der Waals surface area contributed by atoms with Crippen molar-refractivity contribution in [3.63, 3.8) is 0 Å². The molecular formula is C104H125B2Br3N10O13. The molecule has 8 heterocycles. The second-order valence-corrected chi connectivity index (χ2v) is 43.6. The number of H-pyrrole nitrogens is 1. The third-order valence-electron chi connectivity index (χ3n) is 30.2. The number of aliphatic imine (C=N–C) groups is 2. The molecule has 0 radical (unpaired) electrons. The molecule has 6 aliphatic carbocycles. The average molecular weight is 1980 g/mol. The molecular weight excluding hydrogens is 1860 g/mol. The topological polar surface area (TPSA) is 266 Å². The van der Waals surface area contributed by atoms with Crippen molar-refractivity contribution in [1.82, 2.24) is 40.6 Å². The third kappa shape index (κ3) is 18.6. The van der Waals surface area contributed by atoms with Gasteiger partial charge >= 0.3 is 32.5 Å². The number of nitrogens with one attached hydrogen (secondary N) is 4. The van der Waals surface area contributed by atoms with Crippen LogP contribution in [0.5, 0.6) is 0 Å². The number of halogens is 3. The van der Waals surface area contributed by atoms with Crippen molar-refractivity contribution in [2.75, 3.05) is 41.0 Å². The zero-order chi connectivity index (χ0) is 93.6. The third-order valence-corrected chi connectivity index (χ3v) is 31.6. The van der Waals surface area contributed by atoms with Crippen LogP contribution in [-0.2, 0) is 124 Å². The summed E-state index contributed by atoms with van der Waals surface area (Å²) in [5.74, 6) is 0.319. The van der Waals surface area contributed by atoms with Gasteiger partial charge in [-0.15, -0.1) is 0 Å². The number of benzene rings is 6. The first-order valence-electron chi connectivity index (χ1n) is 47.5. The van der Waals surface area contributed by atoms with E-state index in [9.17, 15) is 28.8 Å². The van der Waals surface area contributed by atoms with Gasteiger partial charge in [-0.3, -0.25) is 24.4 Å². The predicted molar refractivity (Wildman–Crippen MR) is 529 cm³/mol. The number of aromatic nitrogens is 2. The molecule has 6 aromatic carbocycles.